The Labute approximate surface area is 145 Å². The number of hydrazine groups is 1. The molecule has 25 heavy (non-hydrogen) atoms. The zero-order valence-corrected chi connectivity index (χ0v) is 14.2. The van der Waals surface area contributed by atoms with Crippen LogP contribution in [0.25, 0.3) is 22.4 Å². The predicted molar refractivity (Wildman–Crippen MR) is 95.9 cm³/mol. The van der Waals surface area contributed by atoms with Crippen molar-refractivity contribution in [1.29, 1.82) is 0 Å². The van der Waals surface area contributed by atoms with Crippen molar-refractivity contribution in [2.45, 2.75) is 25.3 Å². The number of imidazole rings is 1. The van der Waals surface area contributed by atoms with Gasteiger partial charge in [-0.2, -0.15) is 0 Å². The fourth-order valence-electron chi connectivity index (χ4n) is 3.15. The molecule has 1 atom stereocenters. The first kappa shape index (κ1) is 15.7. The predicted octanol–water partition coefficient (Wildman–Crippen LogP) is 2.87. The average Bonchev–Trinajstić information content (AvgIpc) is 3.07. The Morgan fingerprint density at radius 3 is 2.64 bits per heavy atom. The van der Waals surface area contributed by atoms with E-state index in [0.717, 1.165) is 40.2 Å². The molecule has 1 aromatic heterocycles. The molecule has 0 saturated carbocycles. The highest BCUT2D eigenvalue weighted by Crippen LogP contribution is 2.30. The number of benzene rings is 2. The van der Waals surface area contributed by atoms with Crippen LogP contribution in [0.4, 0.5) is 0 Å². The molecule has 0 radical (unpaired) electrons. The molecule has 128 valence electrons. The van der Waals surface area contributed by atoms with Gasteiger partial charge in [0.05, 0.1) is 23.7 Å². The first-order valence-corrected chi connectivity index (χ1v) is 8.28. The first-order chi connectivity index (χ1) is 12.1. The summed E-state index contributed by atoms with van der Waals surface area (Å²) < 4.78 is 5.20. The normalized spacial score (nSPS) is 20.5. The van der Waals surface area contributed by atoms with E-state index >= 15 is 0 Å². The summed E-state index contributed by atoms with van der Waals surface area (Å²) in [5, 5.41) is 0. The molecular formula is C19H20N4O2. The molecule has 2 heterocycles. The fourth-order valence-corrected chi connectivity index (χ4v) is 3.15. The standard InChI is InChI=1S/C19H20N4O2/c1-19(10-9-17(24)22-23-19)13-5-8-15-16(11-13)21-18(20-15)12-3-6-14(25-2)7-4-12/h3-8,11,23H,9-10H2,1-2H3,(H,20,21)(H,22,24). The number of methoxy groups -OCH3 is 1. The quantitative estimate of drug-likeness (QED) is 0.687. The summed E-state index contributed by atoms with van der Waals surface area (Å²) in [6.07, 6.45) is 1.27. The van der Waals surface area contributed by atoms with Crippen molar-refractivity contribution in [3.63, 3.8) is 0 Å². The van der Waals surface area contributed by atoms with Crippen LogP contribution in [0.15, 0.2) is 42.5 Å². The summed E-state index contributed by atoms with van der Waals surface area (Å²) in [7, 11) is 1.65. The molecule has 6 nitrogen and oxygen atoms in total. The smallest absolute Gasteiger partial charge is 0.234 e. The average molecular weight is 336 g/mol. The number of hydrogen-bond acceptors (Lipinski definition) is 4. The van der Waals surface area contributed by atoms with Crippen molar-refractivity contribution < 1.29 is 9.53 Å². The Hall–Kier alpha value is -2.86. The van der Waals surface area contributed by atoms with Gasteiger partial charge in [0, 0.05) is 12.0 Å². The van der Waals surface area contributed by atoms with Crippen molar-refractivity contribution in [2.24, 2.45) is 0 Å². The lowest BCUT2D eigenvalue weighted by atomic mass is 9.86. The number of aromatic nitrogens is 2. The number of rotatable bonds is 3. The Kier molecular flexibility index (Phi) is 3.69. The molecule has 3 N–H and O–H groups in total. The molecule has 0 aliphatic carbocycles. The van der Waals surface area contributed by atoms with Gasteiger partial charge in [0.2, 0.25) is 5.91 Å². The Morgan fingerprint density at radius 1 is 1.16 bits per heavy atom. The first-order valence-electron chi connectivity index (χ1n) is 8.28. The summed E-state index contributed by atoms with van der Waals surface area (Å²) in [5.41, 5.74) is 9.59. The van der Waals surface area contributed by atoms with E-state index in [2.05, 4.69) is 39.9 Å². The van der Waals surface area contributed by atoms with Gasteiger partial charge in [0.25, 0.3) is 0 Å². The number of carbonyl (C=O) groups is 1. The molecule has 6 heteroatoms. The fraction of sp³-hybridized carbons (Fsp3) is 0.263. The van der Waals surface area contributed by atoms with E-state index in [1.165, 1.54) is 0 Å². The highest BCUT2D eigenvalue weighted by atomic mass is 16.5. The van der Waals surface area contributed by atoms with Gasteiger partial charge in [-0.25, -0.2) is 10.4 Å². The van der Waals surface area contributed by atoms with Crippen molar-refractivity contribution in [3.05, 3.63) is 48.0 Å². The monoisotopic (exact) mass is 336 g/mol. The highest BCUT2D eigenvalue weighted by Gasteiger charge is 2.31. The molecular weight excluding hydrogens is 316 g/mol. The SMILES string of the molecule is COc1ccc(-c2nc3ccc(C4(C)CCC(=O)NN4)cc3[nH]2)cc1. The van der Waals surface area contributed by atoms with Gasteiger partial charge in [0.15, 0.2) is 0 Å². The molecule has 2 aromatic carbocycles. The zero-order valence-electron chi connectivity index (χ0n) is 14.2. The van der Waals surface area contributed by atoms with Gasteiger partial charge in [-0.15, -0.1) is 0 Å². The van der Waals surface area contributed by atoms with Crippen LogP contribution in [-0.2, 0) is 10.3 Å². The van der Waals surface area contributed by atoms with Crippen LogP contribution < -0.4 is 15.6 Å². The number of aromatic amines is 1. The van der Waals surface area contributed by atoms with Crippen LogP contribution in [0, 0.1) is 0 Å². The second-order valence-electron chi connectivity index (χ2n) is 6.55. The molecule has 3 aromatic rings. The minimum atomic E-state index is -0.284. The van der Waals surface area contributed by atoms with E-state index in [9.17, 15) is 4.79 Å². The molecule has 1 aliphatic heterocycles. The van der Waals surface area contributed by atoms with E-state index in [-0.39, 0.29) is 11.4 Å². The molecule has 1 unspecified atom stereocenters. The lowest BCUT2D eigenvalue weighted by Crippen LogP contribution is -2.54. The summed E-state index contributed by atoms with van der Waals surface area (Å²) in [5.74, 6) is 1.67. The van der Waals surface area contributed by atoms with Gasteiger partial charge in [0.1, 0.15) is 11.6 Å². The van der Waals surface area contributed by atoms with Crippen molar-refractivity contribution >= 4 is 16.9 Å². The van der Waals surface area contributed by atoms with E-state index in [1.807, 2.05) is 30.3 Å². The summed E-state index contributed by atoms with van der Waals surface area (Å²) in [4.78, 5) is 19.5. The number of ether oxygens (including phenoxy) is 1. The number of amides is 1. The van der Waals surface area contributed by atoms with Crippen LogP contribution in [-0.4, -0.2) is 23.0 Å². The Morgan fingerprint density at radius 2 is 1.96 bits per heavy atom. The number of nitrogens with zero attached hydrogens (tertiary/aromatic N) is 1. The molecule has 1 amide bonds. The minimum Gasteiger partial charge on any atom is -0.497 e. The van der Waals surface area contributed by atoms with Gasteiger partial charge < -0.3 is 9.72 Å². The lowest BCUT2D eigenvalue weighted by molar-refractivity contribution is -0.125. The largest absolute Gasteiger partial charge is 0.497 e. The third kappa shape index (κ3) is 2.85. The van der Waals surface area contributed by atoms with E-state index < -0.39 is 0 Å². The third-order valence-electron chi connectivity index (χ3n) is 4.81. The maximum absolute atomic E-state index is 11.4. The van der Waals surface area contributed by atoms with Crippen LogP contribution in [0.5, 0.6) is 5.75 Å². The summed E-state index contributed by atoms with van der Waals surface area (Å²) >= 11 is 0. The van der Waals surface area contributed by atoms with Gasteiger partial charge in [-0.05, 0) is 55.3 Å². The van der Waals surface area contributed by atoms with Crippen molar-refractivity contribution in [1.82, 2.24) is 20.8 Å². The maximum atomic E-state index is 11.4. The molecule has 1 aliphatic rings. The molecule has 4 rings (SSSR count). The zero-order chi connectivity index (χ0) is 17.4. The molecule has 0 bridgehead atoms. The van der Waals surface area contributed by atoms with Crippen LogP contribution in [0.3, 0.4) is 0 Å². The second-order valence-corrected chi connectivity index (χ2v) is 6.55. The van der Waals surface area contributed by atoms with E-state index in [1.54, 1.807) is 7.11 Å². The van der Waals surface area contributed by atoms with Crippen LogP contribution >= 0.6 is 0 Å². The van der Waals surface area contributed by atoms with Crippen molar-refractivity contribution in [2.75, 3.05) is 7.11 Å². The second kappa shape index (κ2) is 5.89. The third-order valence-corrected chi connectivity index (χ3v) is 4.81. The Bertz CT molecular complexity index is 920. The van der Waals surface area contributed by atoms with Gasteiger partial charge >= 0.3 is 0 Å². The number of fused-ring (bicyclic) bond motifs is 1. The van der Waals surface area contributed by atoms with Gasteiger partial charge in [-0.1, -0.05) is 6.07 Å². The summed E-state index contributed by atoms with van der Waals surface area (Å²) in [6.45, 7) is 2.09. The van der Waals surface area contributed by atoms with E-state index in [0.29, 0.717) is 6.42 Å². The number of hydrogen-bond donors (Lipinski definition) is 3. The number of nitrogens with one attached hydrogen (secondary N) is 3. The molecule has 1 fully saturated rings. The number of carbonyl (C=O) groups excluding carboxylic acids is 1. The highest BCUT2D eigenvalue weighted by molar-refractivity contribution is 5.81. The Balaban J connectivity index is 1.68. The minimum absolute atomic E-state index is 0.0295. The van der Waals surface area contributed by atoms with Crippen molar-refractivity contribution in [3.8, 4) is 17.1 Å². The molecule has 0 spiro atoms. The van der Waals surface area contributed by atoms with Crippen LogP contribution in [0.2, 0.25) is 0 Å². The number of H-pyrrole nitrogens is 1. The topological polar surface area (TPSA) is 79.0 Å². The summed E-state index contributed by atoms with van der Waals surface area (Å²) in [6, 6.07) is 14.0. The van der Waals surface area contributed by atoms with E-state index in [4.69, 9.17) is 4.74 Å². The molecule has 1 saturated heterocycles. The lowest BCUT2D eigenvalue weighted by Gasteiger charge is -2.35. The van der Waals surface area contributed by atoms with Gasteiger partial charge in [-0.3, -0.25) is 10.2 Å². The van der Waals surface area contributed by atoms with Crippen LogP contribution in [0.1, 0.15) is 25.3 Å². The maximum Gasteiger partial charge on any atom is 0.234 e.